The van der Waals surface area contributed by atoms with Gasteiger partial charge in [-0.05, 0) is 47.5 Å². The second kappa shape index (κ2) is 12.1. The van der Waals surface area contributed by atoms with Crippen molar-refractivity contribution in [3.63, 3.8) is 0 Å². The van der Waals surface area contributed by atoms with Crippen LogP contribution in [-0.2, 0) is 17.8 Å². The number of alkyl halides is 5. The summed E-state index contributed by atoms with van der Waals surface area (Å²) in [5.74, 6) is -3.75. The summed E-state index contributed by atoms with van der Waals surface area (Å²) in [5.41, 5.74) is -0.779. The fraction of sp³-hybridized carbons (Fsp3) is 0.185. The average Bonchev–Trinajstić information content (AvgIpc) is 3.33. The average molecular weight is 613 g/mol. The van der Waals surface area contributed by atoms with Crippen LogP contribution in [0.3, 0.4) is 0 Å². The summed E-state index contributed by atoms with van der Waals surface area (Å²) in [6.45, 7) is -0.471. The van der Waals surface area contributed by atoms with E-state index in [-0.39, 0.29) is 51.0 Å². The van der Waals surface area contributed by atoms with Crippen molar-refractivity contribution >= 4 is 23.3 Å². The van der Waals surface area contributed by atoms with Crippen molar-refractivity contribution in [2.75, 3.05) is 7.11 Å². The number of ether oxygens (including phenoxy) is 1. The maximum absolute atomic E-state index is 13.6. The highest BCUT2D eigenvalue weighted by atomic mass is 35.5. The standard InChI is InChI=1S/C27H19ClF6N4O4/c1-42-22-11-15(4-5-16(22)21(39)10-13-3-7-20(29)18(8-13)23(30)31)38-26(41)36-24(37-38)17-9-14(2-6-19(17)28)12-35-25(40)27(32,33)34/h2-9,11,23H,10,12H2,1H3,(H,35,40)(H,36,37,41). The molecule has 0 saturated carbocycles. The molecular formula is C27H19ClF6N4O4. The van der Waals surface area contributed by atoms with Crippen molar-refractivity contribution in [1.29, 1.82) is 0 Å². The summed E-state index contributed by atoms with van der Waals surface area (Å²) in [6, 6.07) is 11.1. The molecule has 1 amide bonds. The highest BCUT2D eigenvalue weighted by molar-refractivity contribution is 6.33. The molecule has 42 heavy (non-hydrogen) atoms. The van der Waals surface area contributed by atoms with Crippen LogP contribution in [0.1, 0.15) is 33.5 Å². The smallest absolute Gasteiger partial charge is 0.471 e. The van der Waals surface area contributed by atoms with Gasteiger partial charge in [-0.3, -0.25) is 14.6 Å². The minimum Gasteiger partial charge on any atom is -0.496 e. The molecule has 4 rings (SSSR count). The van der Waals surface area contributed by atoms with Gasteiger partial charge in [0.05, 0.1) is 28.9 Å². The second-order valence-electron chi connectivity index (χ2n) is 8.83. The first-order chi connectivity index (χ1) is 19.8. The lowest BCUT2D eigenvalue weighted by molar-refractivity contribution is -0.173. The van der Waals surface area contributed by atoms with Gasteiger partial charge < -0.3 is 10.1 Å². The second-order valence-corrected chi connectivity index (χ2v) is 9.23. The molecule has 0 bridgehead atoms. The SMILES string of the molecule is COc1cc(-n2nc(-c3cc(CNC(=O)C(F)(F)F)ccc3Cl)[nH]c2=O)ccc1C(=O)Cc1ccc(F)c(C(F)F)c1. The zero-order chi connectivity index (χ0) is 30.8. The molecule has 0 aliphatic rings. The van der Waals surface area contributed by atoms with Gasteiger partial charge in [-0.25, -0.2) is 18.0 Å². The van der Waals surface area contributed by atoms with Gasteiger partial charge in [-0.1, -0.05) is 23.7 Å². The number of Topliss-reactive ketones (excluding diaryl/α,β-unsaturated/α-hetero) is 1. The van der Waals surface area contributed by atoms with Crippen molar-refractivity contribution in [2.45, 2.75) is 25.6 Å². The topological polar surface area (TPSA) is 106 Å². The number of methoxy groups -OCH3 is 1. The van der Waals surface area contributed by atoms with Crippen molar-refractivity contribution in [2.24, 2.45) is 0 Å². The van der Waals surface area contributed by atoms with Gasteiger partial charge in [0, 0.05) is 24.6 Å². The molecule has 1 aromatic heterocycles. The Morgan fingerprint density at radius 3 is 2.45 bits per heavy atom. The fourth-order valence-electron chi connectivity index (χ4n) is 3.96. The van der Waals surface area contributed by atoms with E-state index in [1.54, 1.807) is 5.32 Å². The first-order valence-electron chi connectivity index (χ1n) is 11.9. The van der Waals surface area contributed by atoms with Crippen LogP contribution < -0.4 is 15.7 Å². The van der Waals surface area contributed by atoms with Gasteiger partial charge in [-0.2, -0.15) is 17.9 Å². The van der Waals surface area contributed by atoms with Crippen LogP contribution in [0.25, 0.3) is 17.1 Å². The van der Waals surface area contributed by atoms with Crippen LogP contribution in [-0.4, -0.2) is 39.7 Å². The summed E-state index contributed by atoms with van der Waals surface area (Å²) in [5, 5.41) is 6.03. The number of nitrogens with zero attached hydrogens (tertiary/aromatic N) is 2. The predicted octanol–water partition coefficient (Wildman–Crippen LogP) is 5.57. The number of carbonyl (C=O) groups is 2. The maximum atomic E-state index is 13.6. The van der Waals surface area contributed by atoms with Crippen molar-refractivity contribution in [1.82, 2.24) is 20.1 Å². The maximum Gasteiger partial charge on any atom is 0.471 e. The summed E-state index contributed by atoms with van der Waals surface area (Å²) < 4.78 is 83.4. The first-order valence-corrected chi connectivity index (χ1v) is 12.3. The summed E-state index contributed by atoms with van der Waals surface area (Å²) in [7, 11) is 1.27. The quantitative estimate of drug-likeness (QED) is 0.190. The predicted molar refractivity (Wildman–Crippen MR) is 138 cm³/mol. The molecule has 220 valence electrons. The van der Waals surface area contributed by atoms with Gasteiger partial charge in [0.2, 0.25) is 0 Å². The fourth-order valence-corrected chi connectivity index (χ4v) is 4.17. The molecule has 0 spiro atoms. The summed E-state index contributed by atoms with van der Waals surface area (Å²) >= 11 is 6.22. The number of rotatable bonds is 9. The van der Waals surface area contributed by atoms with E-state index in [0.29, 0.717) is 0 Å². The molecule has 0 saturated heterocycles. The highest BCUT2D eigenvalue weighted by Crippen LogP contribution is 2.29. The van der Waals surface area contributed by atoms with E-state index in [4.69, 9.17) is 16.3 Å². The van der Waals surface area contributed by atoms with Crippen LogP contribution in [0.4, 0.5) is 26.3 Å². The van der Waals surface area contributed by atoms with Crippen LogP contribution in [0.5, 0.6) is 5.75 Å². The number of aromatic nitrogens is 3. The molecule has 4 aromatic rings. The normalized spacial score (nSPS) is 11.5. The van der Waals surface area contributed by atoms with Gasteiger partial charge >= 0.3 is 17.8 Å². The Balaban J connectivity index is 1.59. The van der Waals surface area contributed by atoms with E-state index in [9.17, 15) is 40.7 Å². The lowest BCUT2D eigenvalue weighted by atomic mass is 10.00. The Morgan fingerprint density at radius 1 is 1.07 bits per heavy atom. The lowest BCUT2D eigenvalue weighted by Crippen LogP contribution is -2.36. The third kappa shape index (κ3) is 6.65. The van der Waals surface area contributed by atoms with Gasteiger partial charge in [0.15, 0.2) is 11.6 Å². The van der Waals surface area contributed by atoms with Crippen LogP contribution in [0, 0.1) is 5.82 Å². The third-order valence-electron chi connectivity index (χ3n) is 6.00. The zero-order valence-corrected chi connectivity index (χ0v) is 22.1. The number of ketones is 1. The largest absolute Gasteiger partial charge is 0.496 e. The van der Waals surface area contributed by atoms with Gasteiger partial charge in [0.1, 0.15) is 11.6 Å². The molecular weight excluding hydrogens is 594 g/mol. The molecule has 0 radical (unpaired) electrons. The Kier molecular flexibility index (Phi) is 8.75. The molecule has 0 aliphatic carbocycles. The molecule has 2 N–H and O–H groups in total. The minimum absolute atomic E-state index is 0.0329. The van der Waals surface area contributed by atoms with Crippen molar-refractivity contribution in [3.8, 4) is 22.8 Å². The van der Waals surface area contributed by atoms with E-state index >= 15 is 0 Å². The van der Waals surface area contributed by atoms with Gasteiger partial charge in [0.25, 0.3) is 6.43 Å². The number of benzene rings is 3. The molecule has 0 unspecified atom stereocenters. The highest BCUT2D eigenvalue weighted by Gasteiger charge is 2.38. The number of nitrogens with one attached hydrogen (secondary N) is 2. The zero-order valence-electron chi connectivity index (χ0n) is 21.4. The van der Waals surface area contributed by atoms with E-state index in [1.807, 2.05) is 0 Å². The van der Waals surface area contributed by atoms with Crippen LogP contribution in [0.2, 0.25) is 5.02 Å². The Morgan fingerprint density at radius 2 is 1.79 bits per heavy atom. The molecule has 8 nitrogen and oxygen atoms in total. The molecule has 0 aliphatic heterocycles. The Hall–Kier alpha value is -4.59. The van der Waals surface area contributed by atoms with E-state index in [1.165, 1.54) is 49.6 Å². The van der Waals surface area contributed by atoms with Crippen LogP contribution >= 0.6 is 11.6 Å². The van der Waals surface area contributed by atoms with Crippen LogP contribution in [0.15, 0.2) is 59.4 Å². The lowest BCUT2D eigenvalue weighted by Gasteiger charge is -2.11. The number of aromatic amines is 1. The minimum atomic E-state index is -5.06. The summed E-state index contributed by atoms with van der Waals surface area (Å²) in [6.07, 6.45) is -8.45. The Bertz CT molecular complexity index is 1720. The molecule has 0 fully saturated rings. The van der Waals surface area contributed by atoms with E-state index < -0.39 is 47.9 Å². The first kappa shape index (κ1) is 30.4. The number of carbonyl (C=O) groups excluding carboxylic acids is 2. The number of hydrogen-bond donors (Lipinski definition) is 2. The molecule has 1 heterocycles. The van der Waals surface area contributed by atoms with Crippen molar-refractivity contribution < 1.29 is 40.7 Å². The van der Waals surface area contributed by atoms with Gasteiger partial charge in [-0.15, -0.1) is 5.10 Å². The number of H-pyrrole nitrogens is 1. The number of hydrogen-bond acceptors (Lipinski definition) is 5. The van der Waals surface area contributed by atoms with E-state index in [2.05, 4.69) is 10.1 Å². The monoisotopic (exact) mass is 612 g/mol. The molecule has 15 heteroatoms. The summed E-state index contributed by atoms with van der Waals surface area (Å²) in [4.78, 5) is 39.3. The molecule has 0 atom stereocenters. The number of halogens is 7. The Labute approximate surface area is 237 Å². The van der Waals surface area contributed by atoms with E-state index in [0.717, 1.165) is 16.8 Å². The third-order valence-corrected chi connectivity index (χ3v) is 6.33. The molecule has 3 aromatic carbocycles. The number of amides is 1. The van der Waals surface area contributed by atoms with Crippen molar-refractivity contribution in [3.05, 3.63) is 98.2 Å².